The van der Waals surface area contributed by atoms with E-state index in [9.17, 15) is 9.90 Å². The second-order valence-corrected chi connectivity index (χ2v) is 5.02. The number of aryl methyl sites for hydroxylation is 1. The number of aromatic hydroxyl groups is 1. The minimum absolute atomic E-state index is 0.202. The number of phenols is 1. The smallest absolute Gasteiger partial charge is 0.241 e. The molecule has 1 amide bonds. The topological polar surface area (TPSA) is 75.4 Å². The second-order valence-electron chi connectivity index (χ2n) is 5.02. The Morgan fingerprint density at radius 3 is 2.57 bits per heavy atom. The van der Waals surface area contributed by atoms with Crippen molar-refractivity contribution in [1.82, 2.24) is 0 Å². The Kier molecular flexibility index (Phi) is 4.95. The molecule has 0 saturated carbocycles. The van der Waals surface area contributed by atoms with Gasteiger partial charge >= 0.3 is 0 Å². The van der Waals surface area contributed by atoms with Crippen molar-refractivity contribution < 1.29 is 9.90 Å². The molecule has 2 aromatic carbocycles. The van der Waals surface area contributed by atoms with E-state index >= 15 is 0 Å². The molecule has 0 unspecified atom stereocenters. The van der Waals surface area contributed by atoms with Crippen LogP contribution in [0.4, 0.5) is 5.69 Å². The van der Waals surface area contributed by atoms with Gasteiger partial charge in [-0.3, -0.25) is 4.79 Å². The first-order valence-corrected chi connectivity index (χ1v) is 7.01. The zero-order valence-corrected chi connectivity index (χ0v) is 12.0. The first-order valence-electron chi connectivity index (χ1n) is 7.01. The van der Waals surface area contributed by atoms with E-state index in [-0.39, 0.29) is 11.7 Å². The Balaban J connectivity index is 1.97. The monoisotopic (exact) mass is 284 g/mol. The fraction of sp³-hybridized carbons (Fsp3) is 0.235. The Hall–Kier alpha value is -2.33. The van der Waals surface area contributed by atoms with Crippen LogP contribution in [0.15, 0.2) is 48.5 Å². The van der Waals surface area contributed by atoms with Crippen molar-refractivity contribution in [2.45, 2.75) is 25.8 Å². The predicted octanol–water partition coefficient (Wildman–Crippen LogP) is 2.46. The van der Waals surface area contributed by atoms with Crippen LogP contribution >= 0.6 is 0 Å². The maximum absolute atomic E-state index is 12.1. The Morgan fingerprint density at radius 1 is 1.19 bits per heavy atom. The van der Waals surface area contributed by atoms with E-state index < -0.39 is 6.04 Å². The van der Waals surface area contributed by atoms with Crippen LogP contribution in [0, 0.1) is 0 Å². The van der Waals surface area contributed by atoms with Gasteiger partial charge in [-0.1, -0.05) is 31.2 Å². The van der Waals surface area contributed by atoms with Crippen LogP contribution < -0.4 is 11.1 Å². The first kappa shape index (κ1) is 15.1. The van der Waals surface area contributed by atoms with E-state index in [1.165, 1.54) is 5.56 Å². The molecule has 0 fully saturated rings. The molecule has 4 heteroatoms. The van der Waals surface area contributed by atoms with Gasteiger partial charge < -0.3 is 16.2 Å². The van der Waals surface area contributed by atoms with Crippen LogP contribution in [0.5, 0.6) is 5.75 Å². The van der Waals surface area contributed by atoms with Crippen LogP contribution in [0.25, 0.3) is 0 Å². The molecule has 0 aliphatic rings. The minimum Gasteiger partial charge on any atom is -0.508 e. The molecule has 21 heavy (non-hydrogen) atoms. The molecule has 1 atom stereocenters. The average Bonchev–Trinajstić information content (AvgIpc) is 2.49. The Labute approximate surface area is 124 Å². The van der Waals surface area contributed by atoms with Gasteiger partial charge in [0.25, 0.3) is 0 Å². The minimum atomic E-state index is -0.625. The van der Waals surface area contributed by atoms with Gasteiger partial charge in [0, 0.05) is 5.69 Å². The van der Waals surface area contributed by atoms with Crippen LogP contribution in [0.2, 0.25) is 0 Å². The van der Waals surface area contributed by atoms with E-state index in [0.717, 1.165) is 17.7 Å². The number of carbonyl (C=O) groups excluding carboxylic acids is 1. The Morgan fingerprint density at radius 2 is 1.90 bits per heavy atom. The van der Waals surface area contributed by atoms with Gasteiger partial charge in [-0.05, 0) is 48.2 Å². The zero-order valence-electron chi connectivity index (χ0n) is 12.0. The first-order chi connectivity index (χ1) is 10.1. The van der Waals surface area contributed by atoms with E-state index in [1.807, 2.05) is 24.3 Å². The summed E-state index contributed by atoms with van der Waals surface area (Å²) in [6, 6.07) is 13.8. The lowest BCUT2D eigenvalue weighted by atomic mass is 10.1. The molecule has 0 aromatic heterocycles. The summed E-state index contributed by atoms with van der Waals surface area (Å²) in [7, 11) is 0. The average molecular weight is 284 g/mol. The quantitative estimate of drug-likeness (QED) is 0.789. The van der Waals surface area contributed by atoms with Crippen LogP contribution in [0.1, 0.15) is 18.1 Å². The number of benzene rings is 2. The van der Waals surface area contributed by atoms with Crippen molar-refractivity contribution in [3.8, 4) is 5.75 Å². The summed E-state index contributed by atoms with van der Waals surface area (Å²) in [5, 5.41) is 12.1. The van der Waals surface area contributed by atoms with Gasteiger partial charge in [0.15, 0.2) is 0 Å². The lowest BCUT2D eigenvalue weighted by Gasteiger charge is -2.13. The van der Waals surface area contributed by atoms with Crippen molar-refractivity contribution in [3.05, 3.63) is 59.7 Å². The van der Waals surface area contributed by atoms with Gasteiger partial charge in [0.2, 0.25) is 5.91 Å². The number of rotatable bonds is 5. The van der Waals surface area contributed by atoms with Gasteiger partial charge in [-0.2, -0.15) is 0 Å². The maximum atomic E-state index is 12.1. The molecule has 0 saturated heterocycles. The number of phenolic OH excluding ortho intramolecular Hbond substituents is 1. The molecule has 0 heterocycles. The van der Waals surface area contributed by atoms with E-state index in [0.29, 0.717) is 6.42 Å². The maximum Gasteiger partial charge on any atom is 0.241 e. The molecule has 110 valence electrons. The molecule has 2 aromatic rings. The number of anilines is 1. The van der Waals surface area contributed by atoms with Gasteiger partial charge in [-0.25, -0.2) is 0 Å². The standard InChI is InChI=1S/C17H20N2O2/c1-2-12-4-3-5-14(10-12)19-17(21)16(18)11-13-6-8-15(20)9-7-13/h3-10,16,20H,2,11,18H2,1H3,(H,19,21)/t16-/m0/s1. The summed E-state index contributed by atoms with van der Waals surface area (Å²) in [4.78, 5) is 12.1. The molecular weight excluding hydrogens is 264 g/mol. The van der Waals surface area contributed by atoms with E-state index in [2.05, 4.69) is 12.2 Å². The summed E-state index contributed by atoms with van der Waals surface area (Å²) in [6.07, 6.45) is 1.35. The third-order valence-corrected chi connectivity index (χ3v) is 3.33. The molecule has 0 bridgehead atoms. The summed E-state index contributed by atoms with van der Waals surface area (Å²) in [5.74, 6) is -0.00974. The Bertz CT molecular complexity index is 608. The van der Waals surface area contributed by atoms with Crippen LogP contribution in [0.3, 0.4) is 0 Å². The SMILES string of the molecule is CCc1cccc(NC(=O)[C@@H](N)Cc2ccc(O)cc2)c1. The number of amides is 1. The fourth-order valence-electron chi connectivity index (χ4n) is 2.08. The lowest BCUT2D eigenvalue weighted by molar-refractivity contribution is -0.117. The molecule has 0 aliphatic carbocycles. The highest BCUT2D eigenvalue weighted by Gasteiger charge is 2.14. The van der Waals surface area contributed by atoms with Crippen molar-refractivity contribution in [1.29, 1.82) is 0 Å². The largest absolute Gasteiger partial charge is 0.508 e. The summed E-state index contributed by atoms with van der Waals surface area (Å²) in [6.45, 7) is 2.07. The highest BCUT2D eigenvalue weighted by molar-refractivity contribution is 5.94. The van der Waals surface area contributed by atoms with Crippen LogP contribution in [-0.4, -0.2) is 17.1 Å². The molecule has 4 nitrogen and oxygen atoms in total. The zero-order chi connectivity index (χ0) is 15.2. The summed E-state index contributed by atoms with van der Waals surface area (Å²) in [5.41, 5.74) is 8.78. The predicted molar refractivity (Wildman–Crippen MR) is 84.2 cm³/mol. The number of carbonyl (C=O) groups is 1. The highest BCUT2D eigenvalue weighted by atomic mass is 16.3. The number of nitrogens with one attached hydrogen (secondary N) is 1. The normalized spacial score (nSPS) is 11.9. The molecule has 4 N–H and O–H groups in total. The van der Waals surface area contributed by atoms with E-state index in [4.69, 9.17) is 5.73 Å². The van der Waals surface area contributed by atoms with Crippen molar-refractivity contribution >= 4 is 11.6 Å². The number of hydrogen-bond donors (Lipinski definition) is 3. The third-order valence-electron chi connectivity index (χ3n) is 3.33. The lowest BCUT2D eigenvalue weighted by Crippen LogP contribution is -2.37. The van der Waals surface area contributed by atoms with Gasteiger partial charge in [0.1, 0.15) is 5.75 Å². The molecule has 0 aliphatic heterocycles. The second kappa shape index (κ2) is 6.90. The van der Waals surface area contributed by atoms with Crippen molar-refractivity contribution in [3.63, 3.8) is 0 Å². The summed E-state index contributed by atoms with van der Waals surface area (Å²) < 4.78 is 0. The molecule has 0 spiro atoms. The highest BCUT2D eigenvalue weighted by Crippen LogP contribution is 2.13. The van der Waals surface area contributed by atoms with E-state index in [1.54, 1.807) is 24.3 Å². The third kappa shape index (κ3) is 4.33. The fourth-order valence-corrected chi connectivity index (χ4v) is 2.08. The van der Waals surface area contributed by atoms with Gasteiger partial charge in [-0.15, -0.1) is 0 Å². The van der Waals surface area contributed by atoms with Crippen LogP contribution in [-0.2, 0) is 17.6 Å². The van der Waals surface area contributed by atoms with Crippen molar-refractivity contribution in [2.24, 2.45) is 5.73 Å². The molecular formula is C17H20N2O2. The molecule has 2 rings (SSSR count). The van der Waals surface area contributed by atoms with Gasteiger partial charge in [0.05, 0.1) is 6.04 Å². The summed E-state index contributed by atoms with van der Waals surface area (Å²) >= 11 is 0. The van der Waals surface area contributed by atoms with Crippen molar-refractivity contribution in [2.75, 3.05) is 5.32 Å². The number of hydrogen-bond acceptors (Lipinski definition) is 3. The number of nitrogens with two attached hydrogens (primary N) is 1. The molecule has 0 radical (unpaired) electrons.